The van der Waals surface area contributed by atoms with Crippen molar-refractivity contribution in [1.29, 1.82) is 0 Å². The normalized spacial score (nSPS) is 10.4. The Balaban J connectivity index is 1.91. The second-order valence-electron chi connectivity index (χ2n) is 3.62. The number of nitrogens with one attached hydrogen (secondary N) is 2. The first kappa shape index (κ1) is 12.0. The lowest BCUT2D eigenvalue weighted by atomic mass is 10.3. The highest BCUT2D eigenvalue weighted by molar-refractivity contribution is 7.98. The maximum absolute atomic E-state index is 4.54. The van der Waals surface area contributed by atoms with Crippen LogP contribution in [-0.4, -0.2) is 21.5 Å². The van der Waals surface area contributed by atoms with Crippen LogP contribution < -0.4 is 5.32 Å². The summed E-state index contributed by atoms with van der Waals surface area (Å²) in [5, 5.41) is 4.21. The van der Waals surface area contributed by atoms with E-state index in [-0.39, 0.29) is 0 Å². The highest BCUT2D eigenvalue weighted by Crippen LogP contribution is 2.18. The van der Waals surface area contributed by atoms with Crippen molar-refractivity contribution in [2.75, 3.05) is 11.9 Å². The van der Waals surface area contributed by atoms with Gasteiger partial charge in [-0.05, 0) is 18.6 Å². The molecular formula is C12H16N4S. The van der Waals surface area contributed by atoms with Crippen molar-refractivity contribution in [3.8, 4) is 0 Å². The van der Waals surface area contributed by atoms with Crippen LogP contribution in [0.1, 0.15) is 19.0 Å². The van der Waals surface area contributed by atoms with Crippen molar-refractivity contribution in [3.05, 3.63) is 36.3 Å². The monoisotopic (exact) mass is 248 g/mol. The molecule has 0 aliphatic carbocycles. The molecule has 2 N–H and O–H groups in total. The van der Waals surface area contributed by atoms with Crippen molar-refractivity contribution in [3.63, 3.8) is 0 Å². The Bertz CT molecular complexity index is 442. The maximum Gasteiger partial charge on any atom is 0.165 e. The summed E-state index contributed by atoms with van der Waals surface area (Å²) < 4.78 is 0. The summed E-state index contributed by atoms with van der Waals surface area (Å²) in [6.07, 6.45) is 4.69. The molecule has 0 amide bonds. The van der Waals surface area contributed by atoms with Crippen LogP contribution in [0.15, 0.2) is 35.7 Å². The van der Waals surface area contributed by atoms with Gasteiger partial charge in [-0.1, -0.05) is 24.8 Å². The molecule has 17 heavy (non-hydrogen) atoms. The minimum atomic E-state index is 0.829. The molecule has 2 rings (SSSR count). The SMILES string of the molecule is CCCNc1cccc(CSc2ncc[nH]2)n1. The van der Waals surface area contributed by atoms with Crippen LogP contribution in [-0.2, 0) is 5.75 Å². The van der Waals surface area contributed by atoms with E-state index in [1.165, 1.54) is 0 Å². The Morgan fingerprint density at radius 2 is 2.35 bits per heavy atom. The quantitative estimate of drug-likeness (QED) is 0.772. The Kier molecular flexibility index (Phi) is 4.44. The van der Waals surface area contributed by atoms with E-state index in [0.29, 0.717) is 0 Å². The molecule has 5 heteroatoms. The van der Waals surface area contributed by atoms with E-state index >= 15 is 0 Å². The number of rotatable bonds is 6. The number of nitrogens with zero attached hydrogens (tertiary/aromatic N) is 2. The van der Waals surface area contributed by atoms with Gasteiger partial charge in [0.15, 0.2) is 5.16 Å². The molecule has 0 fully saturated rings. The molecule has 0 bridgehead atoms. The summed E-state index contributed by atoms with van der Waals surface area (Å²) in [6, 6.07) is 6.06. The molecular weight excluding hydrogens is 232 g/mol. The fourth-order valence-electron chi connectivity index (χ4n) is 1.38. The number of anilines is 1. The average Bonchev–Trinajstić information content (AvgIpc) is 2.87. The number of H-pyrrole nitrogens is 1. The second-order valence-corrected chi connectivity index (χ2v) is 4.59. The average molecular weight is 248 g/mol. The molecule has 4 nitrogen and oxygen atoms in total. The summed E-state index contributed by atoms with van der Waals surface area (Å²) in [7, 11) is 0. The third-order valence-corrected chi connectivity index (χ3v) is 3.13. The van der Waals surface area contributed by atoms with Crippen LogP contribution in [0.25, 0.3) is 0 Å². The molecule has 0 unspecified atom stereocenters. The largest absolute Gasteiger partial charge is 0.370 e. The van der Waals surface area contributed by atoms with E-state index < -0.39 is 0 Å². The van der Waals surface area contributed by atoms with Gasteiger partial charge in [0.2, 0.25) is 0 Å². The zero-order valence-electron chi connectivity index (χ0n) is 9.81. The van der Waals surface area contributed by atoms with Crippen molar-refractivity contribution < 1.29 is 0 Å². The van der Waals surface area contributed by atoms with Gasteiger partial charge < -0.3 is 10.3 Å². The standard InChI is InChI=1S/C12H16N4S/c1-2-6-13-11-5-3-4-10(16-11)9-17-12-14-7-8-15-12/h3-5,7-8H,2,6,9H2,1H3,(H,13,16)(H,14,15). The number of pyridine rings is 1. The highest BCUT2D eigenvalue weighted by atomic mass is 32.2. The predicted octanol–water partition coefficient (Wildman–Crippen LogP) is 2.92. The Morgan fingerprint density at radius 3 is 3.12 bits per heavy atom. The first-order valence-electron chi connectivity index (χ1n) is 5.70. The summed E-state index contributed by atoms with van der Waals surface area (Å²) in [5.74, 6) is 1.78. The van der Waals surface area contributed by atoms with E-state index in [1.54, 1.807) is 18.0 Å². The molecule has 90 valence electrons. The van der Waals surface area contributed by atoms with Crippen LogP contribution in [0.3, 0.4) is 0 Å². The van der Waals surface area contributed by atoms with Gasteiger partial charge in [0.25, 0.3) is 0 Å². The first-order valence-corrected chi connectivity index (χ1v) is 6.69. The lowest BCUT2D eigenvalue weighted by Crippen LogP contribution is -2.02. The number of hydrogen-bond acceptors (Lipinski definition) is 4. The van der Waals surface area contributed by atoms with Gasteiger partial charge in [-0.25, -0.2) is 9.97 Å². The predicted molar refractivity (Wildman–Crippen MR) is 71.2 cm³/mol. The minimum absolute atomic E-state index is 0.829. The zero-order chi connectivity index (χ0) is 11.9. The van der Waals surface area contributed by atoms with E-state index in [2.05, 4.69) is 27.2 Å². The molecule has 0 radical (unpaired) electrons. The van der Waals surface area contributed by atoms with Crippen LogP contribution in [0, 0.1) is 0 Å². The Labute approximate surface area is 105 Å². The number of hydrogen-bond donors (Lipinski definition) is 2. The lowest BCUT2D eigenvalue weighted by Gasteiger charge is -2.05. The third kappa shape index (κ3) is 3.78. The van der Waals surface area contributed by atoms with Gasteiger partial charge in [0.1, 0.15) is 5.82 Å². The Morgan fingerprint density at radius 1 is 1.41 bits per heavy atom. The fraction of sp³-hybridized carbons (Fsp3) is 0.333. The molecule has 0 saturated heterocycles. The summed E-state index contributed by atoms with van der Waals surface area (Å²) >= 11 is 1.66. The van der Waals surface area contributed by atoms with Crippen molar-refractivity contribution >= 4 is 17.6 Å². The van der Waals surface area contributed by atoms with Gasteiger partial charge in [0.05, 0.1) is 5.69 Å². The molecule has 0 atom stereocenters. The summed E-state index contributed by atoms with van der Waals surface area (Å²) in [5.41, 5.74) is 1.06. The smallest absolute Gasteiger partial charge is 0.165 e. The molecule has 0 aliphatic rings. The van der Waals surface area contributed by atoms with Crippen molar-refractivity contribution in [1.82, 2.24) is 15.0 Å². The van der Waals surface area contributed by atoms with E-state index in [9.17, 15) is 0 Å². The number of thioether (sulfide) groups is 1. The molecule has 2 aromatic heterocycles. The minimum Gasteiger partial charge on any atom is -0.370 e. The van der Waals surface area contributed by atoms with Gasteiger partial charge in [0, 0.05) is 24.7 Å². The fourth-order valence-corrected chi connectivity index (χ4v) is 2.12. The lowest BCUT2D eigenvalue weighted by molar-refractivity contribution is 0.964. The van der Waals surface area contributed by atoms with Gasteiger partial charge in [-0.15, -0.1) is 0 Å². The van der Waals surface area contributed by atoms with Crippen LogP contribution in [0.4, 0.5) is 5.82 Å². The van der Waals surface area contributed by atoms with Crippen molar-refractivity contribution in [2.45, 2.75) is 24.3 Å². The zero-order valence-corrected chi connectivity index (χ0v) is 10.6. The summed E-state index contributed by atoms with van der Waals surface area (Å²) in [4.78, 5) is 11.8. The third-order valence-electron chi connectivity index (χ3n) is 2.19. The Hall–Kier alpha value is -1.49. The van der Waals surface area contributed by atoms with E-state index in [1.807, 2.05) is 24.4 Å². The van der Waals surface area contributed by atoms with Gasteiger partial charge in [-0.2, -0.15) is 0 Å². The van der Waals surface area contributed by atoms with Gasteiger partial charge in [-0.3, -0.25) is 0 Å². The van der Waals surface area contributed by atoms with E-state index in [0.717, 1.165) is 35.4 Å². The van der Waals surface area contributed by atoms with E-state index in [4.69, 9.17) is 0 Å². The molecule has 2 heterocycles. The maximum atomic E-state index is 4.54. The number of imidazole rings is 1. The molecule has 0 aliphatic heterocycles. The molecule has 0 saturated carbocycles. The number of aromatic nitrogens is 3. The van der Waals surface area contributed by atoms with Crippen LogP contribution in [0.5, 0.6) is 0 Å². The van der Waals surface area contributed by atoms with Crippen LogP contribution in [0.2, 0.25) is 0 Å². The highest BCUT2D eigenvalue weighted by Gasteiger charge is 2.00. The number of aromatic amines is 1. The van der Waals surface area contributed by atoms with Gasteiger partial charge >= 0.3 is 0 Å². The summed E-state index contributed by atoms with van der Waals surface area (Å²) in [6.45, 7) is 3.10. The van der Waals surface area contributed by atoms with Crippen LogP contribution >= 0.6 is 11.8 Å². The second kappa shape index (κ2) is 6.30. The topological polar surface area (TPSA) is 53.6 Å². The molecule has 2 aromatic rings. The molecule has 0 spiro atoms. The first-order chi connectivity index (χ1) is 8.38. The molecule has 0 aromatic carbocycles. The van der Waals surface area contributed by atoms with Crippen molar-refractivity contribution in [2.24, 2.45) is 0 Å².